The van der Waals surface area contributed by atoms with E-state index >= 15 is 0 Å². The van der Waals surface area contributed by atoms with E-state index in [4.69, 9.17) is 0 Å². The van der Waals surface area contributed by atoms with Gasteiger partial charge in [0.25, 0.3) is 5.16 Å². The van der Waals surface area contributed by atoms with E-state index in [0.29, 0.717) is 11.7 Å². The van der Waals surface area contributed by atoms with Gasteiger partial charge in [0.2, 0.25) is 9.84 Å². The van der Waals surface area contributed by atoms with Gasteiger partial charge in [-0.3, -0.25) is 5.10 Å². The standard InChI is InChI=1S/C6H9N3O2S/c1-12(10,11)6-7-5(8-9-6)4-2-3-4/h4H,2-3H2,1H3,(H,7,8,9). The second kappa shape index (κ2) is 2.29. The topological polar surface area (TPSA) is 75.7 Å². The molecular formula is C6H9N3O2S. The summed E-state index contributed by atoms with van der Waals surface area (Å²) < 4.78 is 21.9. The van der Waals surface area contributed by atoms with Crippen LogP contribution in [0, 0.1) is 0 Å². The van der Waals surface area contributed by atoms with Gasteiger partial charge in [0, 0.05) is 12.2 Å². The number of rotatable bonds is 2. The minimum absolute atomic E-state index is 0.0931. The Labute approximate surface area is 70.1 Å². The van der Waals surface area contributed by atoms with E-state index in [0.717, 1.165) is 19.1 Å². The maximum absolute atomic E-state index is 10.9. The fraction of sp³-hybridized carbons (Fsp3) is 0.667. The summed E-state index contributed by atoms with van der Waals surface area (Å²) in [7, 11) is -3.24. The summed E-state index contributed by atoms with van der Waals surface area (Å²) in [6, 6.07) is 0. The van der Waals surface area contributed by atoms with E-state index in [1.165, 1.54) is 0 Å². The number of sulfone groups is 1. The van der Waals surface area contributed by atoms with Gasteiger partial charge in [0.05, 0.1) is 0 Å². The van der Waals surface area contributed by atoms with Crippen LogP contribution in [-0.2, 0) is 9.84 Å². The Morgan fingerprint density at radius 3 is 2.58 bits per heavy atom. The predicted octanol–water partition coefficient (Wildman–Crippen LogP) is 0.0856. The molecule has 1 aromatic rings. The number of hydrogen-bond donors (Lipinski definition) is 1. The molecule has 1 aliphatic carbocycles. The summed E-state index contributed by atoms with van der Waals surface area (Å²) in [5, 5.41) is 6.17. The van der Waals surface area contributed by atoms with Gasteiger partial charge in [-0.1, -0.05) is 0 Å². The van der Waals surface area contributed by atoms with E-state index in [-0.39, 0.29) is 5.16 Å². The van der Waals surface area contributed by atoms with Crippen LogP contribution < -0.4 is 0 Å². The molecule has 1 aliphatic rings. The number of nitrogens with one attached hydrogen (secondary N) is 1. The molecule has 1 heterocycles. The highest BCUT2D eigenvalue weighted by atomic mass is 32.2. The number of hydrogen-bond acceptors (Lipinski definition) is 4. The lowest BCUT2D eigenvalue weighted by atomic mass is 10.4. The zero-order valence-corrected chi connectivity index (χ0v) is 7.43. The Hall–Kier alpha value is -0.910. The Morgan fingerprint density at radius 2 is 2.17 bits per heavy atom. The van der Waals surface area contributed by atoms with Gasteiger partial charge in [0.1, 0.15) is 5.82 Å². The van der Waals surface area contributed by atoms with Gasteiger partial charge >= 0.3 is 0 Å². The van der Waals surface area contributed by atoms with E-state index in [1.807, 2.05) is 0 Å². The third-order valence-electron chi connectivity index (χ3n) is 1.78. The minimum atomic E-state index is -3.24. The largest absolute Gasteiger partial charge is 0.266 e. The highest BCUT2D eigenvalue weighted by Crippen LogP contribution is 2.37. The highest BCUT2D eigenvalue weighted by molar-refractivity contribution is 7.90. The lowest BCUT2D eigenvalue weighted by Gasteiger charge is -1.85. The molecule has 6 heteroatoms. The predicted molar refractivity (Wildman–Crippen MR) is 41.5 cm³/mol. The van der Waals surface area contributed by atoms with E-state index in [9.17, 15) is 8.42 Å². The van der Waals surface area contributed by atoms with Crippen molar-refractivity contribution in [3.63, 3.8) is 0 Å². The van der Waals surface area contributed by atoms with Crippen molar-refractivity contribution in [1.29, 1.82) is 0 Å². The Bertz CT molecular complexity index is 391. The SMILES string of the molecule is CS(=O)(=O)c1n[nH]c(C2CC2)n1. The second-order valence-electron chi connectivity index (χ2n) is 3.05. The molecule has 0 aromatic carbocycles. The molecule has 1 aromatic heterocycles. The van der Waals surface area contributed by atoms with Crippen LogP contribution >= 0.6 is 0 Å². The maximum Gasteiger partial charge on any atom is 0.266 e. The Kier molecular flexibility index (Phi) is 1.47. The van der Waals surface area contributed by atoms with Crippen LogP contribution in [0.2, 0.25) is 0 Å². The normalized spacial score (nSPS) is 18.1. The van der Waals surface area contributed by atoms with Crippen molar-refractivity contribution in [1.82, 2.24) is 15.2 Å². The van der Waals surface area contributed by atoms with Gasteiger partial charge in [-0.15, -0.1) is 5.10 Å². The number of aromatic amines is 1. The molecule has 66 valence electrons. The summed E-state index contributed by atoms with van der Waals surface area (Å²) in [5.74, 6) is 1.11. The van der Waals surface area contributed by atoms with Gasteiger partial charge in [-0.25, -0.2) is 13.4 Å². The van der Waals surface area contributed by atoms with Gasteiger partial charge in [-0.05, 0) is 12.8 Å². The third-order valence-corrected chi connectivity index (χ3v) is 2.62. The monoisotopic (exact) mass is 187 g/mol. The molecule has 1 saturated carbocycles. The van der Waals surface area contributed by atoms with Crippen LogP contribution in [0.1, 0.15) is 24.6 Å². The molecule has 12 heavy (non-hydrogen) atoms. The van der Waals surface area contributed by atoms with Crippen molar-refractivity contribution in [2.75, 3.05) is 6.26 Å². The van der Waals surface area contributed by atoms with Crippen LogP contribution in [0.25, 0.3) is 0 Å². The quantitative estimate of drug-likeness (QED) is 0.711. The van der Waals surface area contributed by atoms with E-state index < -0.39 is 9.84 Å². The highest BCUT2D eigenvalue weighted by Gasteiger charge is 2.28. The number of aromatic nitrogens is 3. The average Bonchev–Trinajstić information content (AvgIpc) is 2.66. The lowest BCUT2D eigenvalue weighted by molar-refractivity contribution is 0.593. The number of H-pyrrole nitrogens is 1. The zero-order chi connectivity index (χ0) is 8.77. The van der Waals surface area contributed by atoms with Crippen LogP contribution in [-0.4, -0.2) is 29.9 Å². The Morgan fingerprint density at radius 1 is 1.50 bits per heavy atom. The first-order valence-corrected chi connectivity index (χ1v) is 5.59. The zero-order valence-electron chi connectivity index (χ0n) is 6.61. The van der Waals surface area contributed by atoms with Crippen molar-refractivity contribution in [3.05, 3.63) is 5.82 Å². The fourth-order valence-corrected chi connectivity index (χ4v) is 1.44. The van der Waals surface area contributed by atoms with Gasteiger partial charge in [0.15, 0.2) is 0 Å². The first-order valence-electron chi connectivity index (χ1n) is 3.70. The third kappa shape index (κ3) is 1.34. The lowest BCUT2D eigenvalue weighted by Crippen LogP contribution is -1.99. The fourth-order valence-electron chi connectivity index (χ4n) is 0.963. The molecule has 5 nitrogen and oxygen atoms in total. The van der Waals surface area contributed by atoms with Crippen molar-refractivity contribution in [2.24, 2.45) is 0 Å². The molecule has 0 radical (unpaired) electrons. The van der Waals surface area contributed by atoms with Gasteiger partial charge in [-0.2, -0.15) is 0 Å². The first-order chi connectivity index (χ1) is 5.57. The molecule has 2 rings (SSSR count). The summed E-state index contributed by atoms with van der Waals surface area (Å²) in [4.78, 5) is 3.89. The summed E-state index contributed by atoms with van der Waals surface area (Å²) in [6.45, 7) is 0. The number of nitrogens with zero attached hydrogens (tertiary/aromatic N) is 2. The van der Waals surface area contributed by atoms with Crippen molar-refractivity contribution >= 4 is 9.84 Å². The minimum Gasteiger partial charge on any atom is -0.262 e. The molecule has 0 unspecified atom stereocenters. The summed E-state index contributed by atoms with van der Waals surface area (Å²) in [5.41, 5.74) is 0. The van der Waals surface area contributed by atoms with Crippen molar-refractivity contribution in [3.8, 4) is 0 Å². The molecule has 1 N–H and O–H groups in total. The Balaban J connectivity index is 2.35. The van der Waals surface area contributed by atoms with Crippen LogP contribution in [0.5, 0.6) is 0 Å². The molecular weight excluding hydrogens is 178 g/mol. The smallest absolute Gasteiger partial charge is 0.262 e. The molecule has 1 fully saturated rings. The van der Waals surface area contributed by atoms with Gasteiger partial charge < -0.3 is 0 Å². The average molecular weight is 187 g/mol. The summed E-state index contributed by atoms with van der Waals surface area (Å²) in [6.07, 6.45) is 3.27. The maximum atomic E-state index is 10.9. The van der Waals surface area contributed by atoms with Crippen LogP contribution in [0.3, 0.4) is 0 Å². The van der Waals surface area contributed by atoms with Crippen molar-refractivity contribution < 1.29 is 8.42 Å². The van der Waals surface area contributed by atoms with E-state index in [1.54, 1.807) is 0 Å². The first kappa shape index (κ1) is 7.72. The van der Waals surface area contributed by atoms with E-state index in [2.05, 4.69) is 15.2 Å². The molecule has 0 bridgehead atoms. The second-order valence-corrected chi connectivity index (χ2v) is 4.96. The molecule has 0 spiro atoms. The van der Waals surface area contributed by atoms with Crippen molar-refractivity contribution in [2.45, 2.75) is 23.9 Å². The molecule has 0 amide bonds. The van der Waals surface area contributed by atoms with Crippen LogP contribution in [0.15, 0.2) is 5.16 Å². The molecule has 0 saturated heterocycles. The van der Waals surface area contributed by atoms with Crippen LogP contribution in [0.4, 0.5) is 0 Å². The summed E-state index contributed by atoms with van der Waals surface area (Å²) >= 11 is 0. The molecule has 0 atom stereocenters. The molecule has 0 aliphatic heterocycles.